The molecule has 0 aromatic heterocycles. The molecule has 2 N–H and O–H groups in total. The number of benzene rings is 1. The molecule has 0 radical (unpaired) electrons. The summed E-state index contributed by atoms with van der Waals surface area (Å²) in [6.45, 7) is 4.33. The molecule has 0 aliphatic heterocycles. The normalized spacial score (nSPS) is 13.1. The molecule has 3 heteroatoms. The molecule has 1 aromatic carbocycles. The monoisotopic (exact) mass is 222 g/mol. The minimum Gasteiger partial charge on any atom is -0.390 e. The van der Waals surface area contributed by atoms with E-state index in [4.69, 9.17) is 0 Å². The molecule has 0 saturated carbocycles. The first-order chi connectivity index (χ1) is 7.63. The Balaban J connectivity index is 2.45. The SMILES string of the molecule is CNCC(O)CN(C)Cc1ccccc1C. The summed E-state index contributed by atoms with van der Waals surface area (Å²) in [6.07, 6.45) is -0.306. The lowest BCUT2D eigenvalue weighted by molar-refractivity contribution is 0.123. The van der Waals surface area contributed by atoms with Gasteiger partial charge in [0.05, 0.1) is 6.10 Å². The highest BCUT2D eigenvalue weighted by molar-refractivity contribution is 5.25. The number of nitrogens with zero attached hydrogens (tertiary/aromatic N) is 1. The zero-order chi connectivity index (χ0) is 12.0. The number of hydrogen-bond acceptors (Lipinski definition) is 3. The highest BCUT2D eigenvalue weighted by Gasteiger charge is 2.08. The van der Waals surface area contributed by atoms with Crippen molar-refractivity contribution in [3.05, 3.63) is 35.4 Å². The van der Waals surface area contributed by atoms with Crippen LogP contribution in [0.1, 0.15) is 11.1 Å². The number of nitrogens with one attached hydrogen (secondary N) is 1. The topological polar surface area (TPSA) is 35.5 Å². The summed E-state index contributed by atoms with van der Waals surface area (Å²) in [5.41, 5.74) is 2.62. The Bertz CT molecular complexity index is 315. The van der Waals surface area contributed by atoms with Crippen molar-refractivity contribution in [1.29, 1.82) is 0 Å². The van der Waals surface area contributed by atoms with Crippen LogP contribution in [0.2, 0.25) is 0 Å². The Hall–Kier alpha value is -0.900. The number of hydrogen-bond donors (Lipinski definition) is 2. The van der Waals surface area contributed by atoms with Gasteiger partial charge in [-0.15, -0.1) is 0 Å². The van der Waals surface area contributed by atoms with E-state index >= 15 is 0 Å². The molecular weight excluding hydrogens is 200 g/mol. The van der Waals surface area contributed by atoms with E-state index in [9.17, 15) is 5.11 Å². The van der Waals surface area contributed by atoms with Gasteiger partial charge in [0.1, 0.15) is 0 Å². The molecule has 0 bridgehead atoms. The lowest BCUT2D eigenvalue weighted by Crippen LogP contribution is -2.35. The third-order valence-electron chi connectivity index (χ3n) is 2.66. The minimum atomic E-state index is -0.306. The van der Waals surface area contributed by atoms with Gasteiger partial charge in [-0.25, -0.2) is 0 Å². The predicted octanol–water partition coefficient (Wildman–Crippen LogP) is 1.01. The van der Waals surface area contributed by atoms with Gasteiger partial charge in [0.15, 0.2) is 0 Å². The van der Waals surface area contributed by atoms with Crippen molar-refractivity contribution in [1.82, 2.24) is 10.2 Å². The van der Waals surface area contributed by atoms with Gasteiger partial charge in [0.25, 0.3) is 0 Å². The highest BCUT2D eigenvalue weighted by Crippen LogP contribution is 2.09. The zero-order valence-corrected chi connectivity index (χ0v) is 10.4. The summed E-state index contributed by atoms with van der Waals surface area (Å²) in [6, 6.07) is 8.36. The van der Waals surface area contributed by atoms with E-state index < -0.39 is 0 Å². The Morgan fingerprint density at radius 3 is 2.69 bits per heavy atom. The molecular formula is C13H22N2O. The second kappa shape index (κ2) is 6.63. The standard InChI is InChI=1S/C13H22N2O/c1-11-6-4-5-7-12(11)9-15(3)10-13(16)8-14-2/h4-7,13-14,16H,8-10H2,1-3H3. The first kappa shape index (κ1) is 13.2. The maximum Gasteiger partial charge on any atom is 0.0791 e. The molecule has 3 nitrogen and oxygen atoms in total. The molecule has 1 unspecified atom stereocenters. The summed E-state index contributed by atoms with van der Waals surface area (Å²) >= 11 is 0. The van der Waals surface area contributed by atoms with Crippen LogP contribution in [0.4, 0.5) is 0 Å². The van der Waals surface area contributed by atoms with Gasteiger partial charge in [-0.1, -0.05) is 24.3 Å². The summed E-state index contributed by atoms with van der Waals surface area (Å²) < 4.78 is 0. The average Bonchev–Trinajstić information content (AvgIpc) is 2.21. The van der Waals surface area contributed by atoms with Crippen molar-refractivity contribution in [3.8, 4) is 0 Å². The van der Waals surface area contributed by atoms with Gasteiger partial charge in [-0.05, 0) is 32.1 Å². The van der Waals surface area contributed by atoms with Gasteiger partial charge in [0.2, 0.25) is 0 Å². The van der Waals surface area contributed by atoms with E-state index in [0.717, 1.165) is 6.54 Å². The molecule has 0 heterocycles. The van der Waals surface area contributed by atoms with Gasteiger partial charge < -0.3 is 10.4 Å². The third-order valence-corrected chi connectivity index (χ3v) is 2.66. The zero-order valence-electron chi connectivity index (χ0n) is 10.4. The van der Waals surface area contributed by atoms with E-state index in [-0.39, 0.29) is 6.10 Å². The molecule has 1 rings (SSSR count). The van der Waals surface area contributed by atoms with E-state index in [1.165, 1.54) is 11.1 Å². The smallest absolute Gasteiger partial charge is 0.0791 e. The average molecular weight is 222 g/mol. The molecule has 0 saturated heterocycles. The molecule has 16 heavy (non-hydrogen) atoms. The fraction of sp³-hybridized carbons (Fsp3) is 0.538. The van der Waals surface area contributed by atoms with Gasteiger partial charge >= 0.3 is 0 Å². The van der Waals surface area contributed by atoms with Crippen LogP contribution in [-0.4, -0.2) is 43.3 Å². The van der Waals surface area contributed by atoms with E-state index in [0.29, 0.717) is 13.1 Å². The summed E-state index contributed by atoms with van der Waals surface area (Å²) in [7, 11) is 3.88. The Morgan fingerprint density at radius 2 is 2.06 bits per heavy atom. The minimum absolute atomic E-state index is 0.306. The fourth-order valence-corrected chi connectivity index (χ4v) is 1.80. The van der Waals surface area contributed by atoms with Crippen molar-refractivity contribution in [3.63, 3.8) is 0 Å². The molecule has 0 fully saturated rings. The largest absolute Gasteiger partial charge is 0.390 e. The van der Waals surface area contributed by atoms with E-state index in [2.05, 4.69) is 41.4 Å². The van der Waals surface area contributed by atoms with Gasteiger partial charge in [0, 0.05) is 19.6 Å². The van der Waals surface area contributed by atoms with Crippen LogP contribution in [0.3, 0.4) is 0 Å². The van der Waals surface area contributed by atoms with Gasteiger partial charge in [-0.2, -0.15) is 0 Å². The molecule has 0 aliphatic rings. The maximum atomic E-state index is 9.66. The number of aliphatic hydroxyl groups excluding tert-OH is 1. The Labute approximate surface area is 98.1 Å². The van der Waals surface area contributed by atoms with Crippen molar-refractivity contribution in [2.45, 2.75) is 19.6 Å². The van der Waals surface area contributed by atoms with Gasteiger partial charge in [-0.3, -0.25) is 4.90 Å². The molecule has 0 spiro atoms. The first-order valence-corrected chi connectivity index (χ1v) is 5.69. The van der Waals surface area contributed by atoms with E-state index in [1.807, 2.05) is 14.1 Å². The quantitative estimate of drug-likeness (QED) is 0.754. The van der Waals surface area contributed by atoms with Crippen molar-refractivity contribution in [2.75, 3.05) is 27.2 Å². The van der Waals surface area contributed by atoms with Crippen molar-refractivity contribution in [2.24, 2.45) is 0 Å². The third kappa shape index (κ3) is 4.31. The van der Waals surface area contributed by atoms with Crippen LogP contribution in [0.15, 0.2) is 24.3 Å². The fourth-order valence-electron chi connectivity index (χ4n) is 1.80. The lowest BCUT2D eigenvalue weighted by Gasteiger charge is -2.21. The Morgan fingerprint density at radius 1 is 1.38 bits per heavy atom. The maximum absolute atomic E-state index is 9.66. The Kier molecular flexibility index (Phi) is 5.46. The summed E-state index contributed by atoms with van der Waals surface area (Å²) in [5.74, 6) is 0. The van der Waals surface area contributed by atoms with Crippen LogP contribution in [0.5, 0.6) is 0 Å². The lowest BCUT2D eigenvalue weighted by atomic mass is 10.1. The number of rotatable bonds is 6. The molecule has 0 aliphatic carbocycles. The predicted molar refractivity (Wildman–Crippen MR) is 67.4 cm³/mol. The second-order valence-corrected chi connectivity index (χ2v) is 4.33. The second-order valence-electron chi connectivity index (χ2n) is 4.33. The summed E-state index contributed by atoms with van der Waals surface area (Å²) in [5, 5.41) is 12.6. The first-order valence-electron chi connectivity index (χ1n) is 5.69. The summed E-state index contributed by atoms with van der Waals surface area (Å²) in [4.78, 5) is 2.14. The highest BCUT2D eigenvalue weighted by atomic mass is 16.3. The van der Waals surface area contributed by atoms with E-state index in [1.54, 1.807) is 0 Å². The number of likely N-dealkylation sites (N-methyl/N-ethyl adjacent to an activating group) is 2. The van der Waals surface area contributed by atoms with Crippen LogP contribution < -0.4 is 5.32 Å². The van der Waals surface area contributed by atoms with Crippen LogP contribution in [0, 0.1) is 6.92 Å². The van der Waals surface area contributed by atoms with Crippen LogP contribution in [0.25, 0.3) is 0 Å². The van der Waals surface area contributed by atoms with Crippen LogP contribution >= 0.6 is 0 Å². The van der Waals surface area contributed by atoms with Crippen molar-refractivity contribution < 1.29 is 5.11 Å². The van der Waals surface area contributed by atoms with Crippen LogP contribution in [-0.2, 0) is 6.54 Å². The number of aliphatic hydroxyl groups is 1. The van der Waals surface area contributed by atoms with Crippen molar-refractivity contribution >= 4 is 0 Å². The number of aryl methyl sites for hydroxylation is 1. The molecule has 0 amide bonds. The molecule has 1 aromatic rings. The molecule has 90 valence electrons. The molecule has 1 atom stereocenters.